The topological polar surface area (TPSA) is 416 Å². The molecular formula is C58H94O27S. The van der Waals surface area contributed by atoms with Crippen LogP contribution >= 0.6 is 0 Å². The predicted octanol–water partition coefficient (Wildman–Crippen LogP) is -1.09. The van der Waals surface area contributed by atoms with Crippen molar-refractivity contribution in [2.75, 3.05) is 6.61 Å². The van der Waals surface area contributed by atoms with Crippen molar-refractivity contribution < 1.29 is 131 Å². The maximum atomic E-state index is 13.1. The van der Waals surface area contributed by atoms with E-state index in [1.165, 1.54) is 26.3 Å². The molecule has 5 aliphatic heterocycles. The van der Waals surface area contributed by atoms with Crippen LogP contribution in [0.5, 0.6) is 0 Å². The Balaban J connectivity index is 1.00. The standard InChI is InChI=1S/C58H94O27S/c1-10-34-39(63)43(67)50(83-52-44(68)41(65)37(61)24(5)75-52)56(78-34)81-48-26(7)77-55(51(46(48)70)84-53-45(69)42(66)38(62)25(6)76-53)82-49-40(64)36(21-59)80-54(47(49)71)79-35-20-29-31-12-11-30(23(4)18-27(60)17-22(2)3)57(31,8)16-14-32(29)58(9)15-13-28(19-33(35)58)85-86(72,73)74/h14,17,23-26,28-31,33-56,59,61-71H,10-13,15-16,18-21H2,1-9H3,(H,72,73,74). The molecule has 4 aliphatic carbocycles. The minimum Gasteiger partial charge on any atom is -0.394 e. The molecule has 0 radical (unpaired) electrons. The van der Waals surface area contributed by atoms with E-state index in [9.17, 15) is 79.0 Å². The molecule has 9 rings (SSSR count). The molecule has 13 N–H and O–H groups in total. The van der Waals surface area contributed by atoms with E-state index in [0.29, 0.717) is 19.3 Å². The Hall–Kier alpha value is -1.86. The third-order valence-electron chi connectivity index (χ3n) is 20.7. The van der Waals surface area contributed by atoms with Gasteiger partial charge in [0.05, 0.1) is 43.2 Å². The second-order valence-corrected chi connectivity index (χ2v) is 27.6. The Kier molecular flexibility index (Phi) is 21.5. The molecule has 9 aliphatic rings. The summed E-state index contributed by atoms with van der Waals surface area (Å²) in [6.07, 6.45) is -35.6. The van der Waals surface area contributed by atoms with Crippen LogP contribution in [0.2, 0.25) is 0 Å². The van der Waals surface area contributed by atoms with Crippen LogP contribution in [0, 0.1) is 40.4 Å². The first-order chi connectivity index (χ1) is 40.3. The van der Waals surface area contributed by atoms with Crippen molar-refractivity contribution in [1.82, 2.24) is 0 Å². The van der Waals surface area contributed by atoms with Crippen LogP contribution in [-0.4, -0.2) is 252 Å². The van der Waals surface area contributed by atoms with Crippen LogP contribution in [-0.2, 0) is 66.7 Å². The molecule has 3 saturated carbocycles. The highest BCUT2D eigenvalue weighted by molar-refractivity contribution is 7.80. The summed E-state index contributed by atoms with van der Waals surface area (Å²) in [6.45, 7) is 15.3. The van der Waals surface area contributed by atoms with E-state index in [-0.39, 0.29) is 54.1 Å². The van der Waals surface area contributed by atoms with Gasteiger partial charge >= 0.3 is 10.4 Å². The molecule has 0 bridgehead atoms. The first kappa shape index (κ1) is 68.5. The van der Waals surface area contributed by atoms with Crippen LogP contribution in [0.1, 0.15) is 120 Å². The molecule has 0 aromatic carbocycles. The summed E-state index contributed by atoms with van der Waals surface area (Å²) in [5.41, 5.74) is 1.28. The number of rotatable bonds is 18. The molecule has 0 aromatic heterocycles. The zero-order valence-corrected chi connectivity index (χ0v) is 51.0. The number of ketones is 1. The van der Waals surface area contributed by atoms with E-state index >= 15 is 0 Å². The first-order valence-electron chi connectivity index (χ1n) is 30.5. The molecule has 8 fully saturated rings. The highest BCUT2D eigenvalue weighted by Crippen LogP contribution is 2.67. The summed E-state index contributed by atoms with van der Waals surface area (Å²) >= 11 is 0. The lowest BCUT2D eigenvalue weighted by atomic mass is 9.47. The largest absolute Gasteiger partial charge is 0.397 e. The summed E-state index contributed by atoms with van der Waals surface area (Å²) in [5.74, 6) is -0.102. The fraction of sp³-hybridized carbons (Fsp3) is 0.914. The molecule has 34 atom stereocenters. The maximum Gasteiger partial charge on any atom is 0.397 e. The van der Waals surface area contributed by atoms with Crippen LogP contribution in [0.25, 0.3) is 0 Å². The zero-order valence-electron chi connectivity index (χ0n) is 50.1. The van der Waals surface area contributed by atoms with Crippen molar-refractivity contribution in [1.29, 1.82) is 0 Å². The Bertz CT molecular complexity index is 2490. The molecule has 5 saturated heterocycles. The third-order valence-corrected chi connectivity index (χ3v) is 21.2. The van der Waals surface area contributed by atoms with Crippen LogP contribution in [0.3, 0.4) is 0 Å². The predicted molar refractivity (Wildman–Crippen MR) is 293 cm³/mol. The van der Waals surface area contributed by atoms with Crippen LogP contribution in [0.4, 0.5) is 0 Å². The lowest BCUT2D eigenvalue weighted by molar-refractivity contribution is -0.407. The quantitative estimate of drug-likeness (QED) is 0.0440. The summed E-state index contributed by atoms with van der Waals surface area (Å²) in [4.78, 5) is 13.1. The van der Waals surface area contributed by atoms with E-state index in [0.717, 1.165) is 24.8 Å². The van der Waals surface area contributed by atoms with E-state index in [2.05, 4.69) is 26.8 Å². The maximum absolute atomic E-state index is 13.1. The molecule has 28 heteroatoms. The minimum atomic E-state index is -4.88. The van der Waals surface area contributed by atoms with Gasteiger partial charge in [0.1, 0.15) is 97.7 Å². The van der Waals surface area contributed by atoms with Crippen LogP contribution in [0.15, 0.2) is 23.3 Å². The molecule has 34 unspecified atom stereocenters. The van der Waals surface area contributed by atoms with Gasteiger partial charge in [0, 0.05) is 6.42 Å². The summed E-state index contributed by atoms with van der Waals surface area (Å²) in [6, 6.07) is 0. The van der Waals surface area contributed by atoms with Gasteiger partial charge in [-0.25, -0.2) is 4.18 Å². The lowest BCUT2D eigenvalue weighted by Crippen LogP contribution is -2.68. The number of aliphatic hydroxyl groups is 12. The van der Waals surface area contributed by atoms with E-state index in [1.807, 2.05) is 13.8 Å². The number of allylic oxidation sites excluding steroid dienone is 4. The van der Waals surface area contributed by atoms with Crippen molar-refractivity contribution in [3.63, 3.8) is 0 Å². The van der Waals surface area contributed by atoms with Gasteiger partial charge in [-0.3, -0.25) is 9.35 Å². The number of carbonyl (C=O) groups is 1. The monoisotopic (exact) mass is 1250 g/mol. The average molecular weight is 1260 g/mol. The lowest BCUT2D eigenvalue weighted by Gasteiger charge is -2.59. The van der Waals surface area contributed by atoms with Crippen LogP contribution < -0.4 is 0 Å². The average Bonchev–Trinajstić information content (AvgIpc) is 1.27. The second kappa shape index (κ2) is 27.0. The van der Waals surface area contributed by atoms with Crippen molar-refractivity contribution in [3.8, 4) is 0 Å². The number of aliphatic hydroxyl groups excluding tert-OH is 12. The van der Waals surface area contributed by atoms with Crippen molar-refractivity contribution in [3.05, 3.63) is 23.3 Å². The fourth-order valence-electron chi connectivity index (χ4n) is 16.0. The van der Waals surface area contributed by atoms with Gasteiger partial charge < -0.3 is 109 Å². The van der Waals surface area contributed by atoms with Crippen molar-refractivity contribution in [2.24, 2.45) is 40.4 Å². The molecule has 5 heterocycles. The Labute approximate surface area is 501 Å². The number of hydrogen-bond acceptors (Lipinski definition) is 26. The Morgan fingerprint density at radius 3 is 1.76 bits per heavy atom. The molecule has 0 aromatic rings. The van der Waals surface area contributed by atoms with E-state index in [1.54, 1.807) is 13.0 Å². The highest BCUT2D eigenvalue weighted by atomic mass is 32.3. The zero-order chi connectivity index (χ0) is 63.0. The van der Waals surface area contributed by atoms with Gasteiger partial charge in [-0.2, -0.15) is 8.42 Å². The fourth-order valence-corrected chi connectivity index (χ4v) is 16.6. The minimum absolute atomic E-state index is 0.0731. The van der Waals surface area contributed by atoms with Gasteiger partial charge in [0.15, 0.2) is 37.2 Å². The second-order valence-electron chi connectivity index (χ2n) is 26.6. The molecule has 27 nitrogen and oxygen atoms in total. The summed E-state index contributed by atoms with van der Waals surface area (Å²) in [5, 5.41) is 135. The highest BCUT2D eigenvalue weighted by Gasteiger charge is 2.63. The summed E-state index contributed by atoms with van der Waals surface area (Å²) < 4.78 is 102. The Morgan fingerprint density at radius 2 is 1.17 bits per heavy atom. The van der Waals surface area contributed by atoms with Gasteiger partial charge in [0.2, 0.25) is 0 Å². The Morgan fingerprint density at radius 1 is 0.628 bits per heavy atom. The number of hydrogen-bond donors (Lipinski definition) is 13. The number of fused-ring (bicyclic) bond motifs is 5. The molecule has 494 valence electrons. The van der Waals surface area contributed by atoms with Gasteiger partial charge in [-0.1, -0.05) is 44.9 Å². The molecular weight excluding hydrogens is 1160 g/mol. The number of ether oxygens (including phenoxy) is 10. The molecule has 0 amide bonds. The van der Waals surface area contributed by atoms with Gasteiger partial charge in [-0.15, -0.1) is 0 Å². The van der Waals surface area contributed by atoms with E-state index in [4.69, 9.17) is 51.6 Å². The van der Waals surface area contributed by atoms with E-state index < -0.39 is 194 Å². The van der Waals surface area contributed by atoms with Gasteiger partial charge in [0.25, 0.3) is 0 Å². The smallest absolute Gasteiger partial charge is 0.394 e. The third kappa shape index (κ3) is 13.5. The number of carbonyl (C=O) groups excluding carboxylic acids is 1. The normalized spacial score (nSPS) is 51.1. The van der Waals surface area contributed by atoms with Crippen molar-refractivity contribution in [2.45, 2.75) is 286 Å². The summed E-state index contributed by atoms with van der Waals surface area (Å²) in [7, 11) is -4.88. The molecule has 0 spiro atoms. The SMILES string of the molecule is CCC1OC(OC2C(C)OC(OC3C(O)C(CO)OC(OC4CC5C(=CCC6(C)C(C(C)CC(=O)C=C(C)C)CCC56)C5(C)CCC(OS(=O)(=O)O)CC45)C3O)C(OC3OC(C)C(O)C(O)C3O)C2O)C(OC2OC(C)C(O)C(O)C2O)C(O)C1O. The molecule has 86 heavy (non-hydrogen) atoms. The van der Waals surface area contributed by atoms with Crippen molar-refractivity contribution >= 4 is 16.2 Å². The first-order valence-corrected chi connectivity index (χ1v) is 31.9. The van der Waals surface area contributed by atoms with Gasteiger partial charge in [-0.05, 0) is 132 Å².